The average Bonchev–Trinajstić information content (AvgIpc) is 2.35. The lowest BCUT2D eigenvalue weighted by atomic mass is 10.0. The van der Waals surface area contributed by atoms with Gasteiger partial charge in [-0.2, -0.15) is 0 Å². The van der Waals surface area contributed by atoms with E-state index in [1.165, 1.54) is 12.1 Å². The Hall–Kier alpha value is -1.09. The predicted octanol–water partition coefficient (Wildman–Crippen LogP) is 3.67. The van der Waals surface area contributed by atoms with E-state index in [-0.39, 0.29) is 18.0 Å². The van der Waals surface area contributed by atoms with Crippen LogP contribution in [0, 0.1) is 5.82 Å². The second kappa shape index (κ2) is 7.37. The Kier molecular flexibility index (Phi) is 6.13. The Balaban J connectivity index is 2.80. The second-order valence-corrected chi connectivity index (χ2v) is 4.72. The Labute approximate surface area is 109 Å². The molecule has 0 amide bonds. The van der Waals surface area contributed by atoms with E-state index < -0.39 is 0 Å². The number of hydrogen-bond donors (Lipinski definition) is 1. The van der Waals surface area contributed by atoms with E-state index in [9.17, 15) is 4.39 Å². The van der Waals surface area contributed by atoms with Crippen molar-refractivity contribution in [3.8, 4) is 5.75 Å². The van der Waals surface area contributed by atoms with Crippen LogP contribution >= 0.6 is 0 Å². The van der Waals surface area contributed by atoms with Gasteiger partial charge in [0.15, 0.2) is 0 Å². The number of ether oxygens (including phenoxy) is 1. The molecular weight excluding hydrogens is 229 g/mol. The molecule has 0 bridgehead atoms. The van der Waals surface area contributed by atoms with Crippen LogP contribution in [-0.2, 0) is 6.42 Å². The van der Waals surface area contributed by atoms with Gasteiger partial charge in [-0.15, -0.1) is 0 Å². The van der Waals surface area contributed by atoms with Gasteiger partial charge in [-0.3, -0.25) is 0 Å². The van der Waals surface area contributed by atoms with Gasteiger partial charge in [-0.1, -0.05) is 20.8 Å². The minimum absolute atomic E-state index is 0.0767. The number of halogens is 1. The first kappa shape index (κ1) is 15.0. The largest absolute Gasteiger partial charge is 0.490 e. The highest BCUT2D eigenvalue weighted by Crippen LogP contribution is 2.20. The number of hydrogen-bond acceptors (Lipinski definition) is 2. The van der Waals surface area contributed by atoms with E-state index in [1.807, 2.05) is 13.0 Å². The molecule has 0 radical (unpaired) electrons. The summed E-state index contributed by atoms with van der Waals surface area (Å²) in [5.41, 5.74) is 6.80. The molecule has 1 unspecified atom stereocenters. The second-order valence-electron chi connectivity index (χ2n) is 4.72. The predicted molar refractivity (Wildman–Crippen MR) is 73.4 cm³/mol. The molecule has 0 saturated heterocycles. The van der Waals surface area contributed by atoms with Crippen molar-refractivity contribution in [3.05, 3.63) is 29.6 Å². The van der Waals surface area contributed by atoms with Crippen LogP contribution in [0.1, 0.15) is 45.6 Å². The molecule has 3 heteroatoms. The van der Waals surface area contributed by atoms with Gasteiger partial charge < -0.3 is 10.5 Å². The summed E-state index contributed by atoms with van der Waals surface area (Å²) in [6.07, 6.45) is 3.58. The summed E-state index contributed by atoms with van der Waals surface area (Å²) in [7, 11) is 0. The molecule has 18 heavy (non-hydrogen) atoms. The molecule has 0 aromatic heterocycles. The molecule has 0 aliphatic rings. The maximum atomic E-state index is 13.5. The summed E-state index contributed by atoms with van der Waals surface area (Å²) >= 11 is 0. The highest BCUT2D eigenvalue weighted by atomic mass is 19.1. The summed E-state index contributed by atoms with van der Waals surface area (Å²) in [5, 5.41) is 0. The highest BCUT2D eigenvalue weighted by Gasteiger charge is 2.09. The third-order valence-electron chi connectivity index (χ3n) is 3.17. The first-order chi connectivity index (χ1) is 8.58. The van der Waals surface area contributed by atoms with Gasteiger partial charge in [-0.05, 0) is 43.4 Å². The number of rotatable bonds is 7. The lowest BCUT2D eigenvalue weighted by Gasteiger charge is -2.17. The minimum atomic E-state index is -0.253. The van der Waals surface area contributed by atoms with Gasteiger partial charge >= 0.3 is 0 Å². The van der Waals surface area contributed by atoms with Gasteiger partial charge in [-0.25, -0.2) is 4.39 Å². The Bertz CT molecular complexity index is 364. The Morgan fingerprint density at radius 1 is 1.11 bits per heavy atom. The quantitative estimate of drug-likeness (QED) is 0.804. The molecule has 1 rings (SSSR count). The number of benzene rings is 1. The van der Waals surface area contributed by atoms with Gasteiger partial charge in [0.25, 0.3) is 0 Å². The first-order valence-corrected chi connectivity index (χ1v) is 6.80. The molecule has 0 saturated carbocycles. The number of nitrogens with two attached hydrogens (primary N) is 1. The van der Waals surface area contributed by atoms with Crippen LogP contribution in [0.15, 0.2) is 18.2 Å². The van der Waals surface area contributed by atoms with Crippen LogP contribution in [0.2, 0.25) is 0 Å². The summed E-state index contributed by atoms with van der Waals surface area (Å²) in [6, 6.07) is 4.96. The maximum Gasteiger partial charge on any atom is 0.127 e. The molecule has 1 atom stereocenters. The van der Waals surface area contributed by atoms with Crippen molar-refractivity contribution in [1.82, 2.24) is 0 Å². The van der Waals surface area contributed by atoms with Crippen molar-refractivity contribution in [2.75, 3.05) is 0 Å². The SMILES string of the molecule is CCC(N)Cc1cc(F)cc(OC(CC)CC)c1. The normalized spacial score (nSPS) is 12.8. The zero-order valence-electron chi connectivity index (χ0n) is 11.6. The van der Waals surface area contributed by atoms with E-state index in [4.69, 9.17) is 10.5 Å². The molecule has 2 nitrogen and oxygen atoms in total. The summed E-state index contributed by atoms with van der Waals surface area (Å²) in [4.78, 5) is 0. The maximum absolute atomic E-state index is 13.5. The van der Waals surface area contributed by atoms with Crippen molar-refractivity contribution >= 4 is 0 Å². The summed E-state index contributed by atoms with van der Waals surface area (Å²) in [6.45, 7) is 6.17. The van der Waals surface area contributed by atoms with Crippen molar-refractivity contribution in [3.63, 3.8) is 0 Å². The molecule has 2 N–H and O–H groups in total. The molecule has 1 aromatic carbocycles. The van der Waals surface area contributed by atoms with Crippen LogP contribution in [0.3, 0.4) is 0 Å². The van der Waals surface area contributed by atoms with Crippen LogP contribution in [0.4, 0.5) is 4.39 Å². The van der Waals surface area contributed by atoms with Crippen LogP contribution in [0.25, 0.3) is 0 Å². The van der Waals surface area contributed by atoms with Crippen LogP contribution in [-0.4, -0.2) is 12.1 Å². The van der Waals surface area contributed by atoms with E-state index in [2.05, 4.69) is 13.8 Å². The van der Waals surface area contributed by atoms with Crippen LogP contribution < -0.4 is 10.5 Å². The van der Waals surface area contributed by atoms with Crippen molar-refractivity contribution in [2.24, 2.45) is 5.73 Å². The Morgan fingerprint density at radius 2 is 1.78 bits per heavy atom. The molecule has 0 fully saturated rings. The molecule has 0 aliphatic carbocycles. The fraction of sp³-hybridized carbons (Fsp3) is 0.600. The molecule has 102 valence electrons. The van der Waals surface area contributed by atoms with Crippen molar-refractivity contribution in [2.45, 2.75) is 58.6 Å². The van der Waals surface area contributed by atoms with Gasteiger partial charge in [0, 0.05) is 12.1 Å². The van der Waals surface area contributed by atoms with E-state index in [0.29, 0.717) is 12.2 Å². The lowest BCUT2D eigenvalue weighted by molar-refractivity contribution is 0.192. The van der Waals surface area contributed by atoms with Gasteiger partial charge in [0.05, 0.1) is 6.10 Å². The summed E-state index contributed by atoms with van der Waals surface area (Å²) < 4.78 is 19.3. The monoisotopic (exact) mass is 253 g/mol. The van der Waals surface area contributed by atoms with E-state index in [1.54, 1.807) is 0 Å². The fourth-order valence-corrected chi connectivity index (χ4v) is 1.90. The van der Waals surface area contributed by atoms with E-state index >= 15 is 0 Å². The zero-order valence-corrected chi connectivity index (χ0v) is 11.6. The van der Waals surface area contributed by atoms with E-state index in [0.717, 1.165) is 24.8 Å². The van der Waals surface area contributed by atoms with Crippen molar-refractivity contribution in [1.29, 1.82) is 0 Å². The third-order valence-corrected chi connectivity index (χ3v) is 3.17. The van der Waals surface area contributed by atoms with Gasteiger partial charge in [0.2, 0.25) is 0 Å². The Morgan fingerprint density at radius 3 is 2.33 bits per heavy atom. The third kappa shape index (κ3) is 4.65. The average molecular weight is 253 g/mol. The van der Waals surface area contributed by atoms with Crippen LogP contribution in [0.5, 0.6) is 5.75 Å². The highest BCUT2D eigenvalue weighted by molar-refractivity contribution is 5.30. The molecule has 1 aromatic rings. The topological polar surface area (TPSA) is 35.2 Å². The first-order valence-electron chi connectivity index (χ1n) is 6.80. The fourth-order valence-electron chi connectivity index (χ4n) is 1.90. The standard InChI is InChI=1S/C15H24FNO/c1-4-13(17)8-11-7-12(16)10-15(9-11)18-14(5-2)6-3/h7,9-10,13-14H,4-6,8,17H2,1-3H3. The van der Waals surface area contributed by atoms with Gasteiger partial charge in [0.1, 0.15) is 11.6 Å². The molecular formula is C15H24FNO. The summed E-state index contributed by atoms with van der Waals surface area (Å²) in [5.74, 6) is 0.360. The smallest absolute Gasteiger partial charge is 0.127 e. The molecule has 0 heterocycles. The minimum Gasteiger partial charge on any atom is -0.490 e. The van der Waals surface area contributed by atoms with Crippen molar-refractivity contribution < 1.29 is 9.13 Å². The molecule has 0 aliphatic heterocycles. The molecule has 0 spiro atoms. The lowest BCUT2D eigenvalue weighted by Crippen LogP contribution is -2.21. The zero-order chi connectivity index (χ0) is 13.5.